The minimum Gasteiger partial charge on any atom is -0.375 e. The maximum absolute atomic E-state index is 12.5. The second-order valence-electron chi connectivity index (χ2n) is 5.74. The molecule has 1 aliphatic heterocycles. The summed E-state index contributed by atoms with van der Waals surface area (Å²) in [6.45, 7) is 5.92. The van der Waals surface area contributed by atoms with Crippen LogP contribution in [0.1, 0.15) is 36.6 Å². The number of imidazole rings is 1. The van der Waals surface area contributed by atoms with Gasteiger partial charge in [0.15, 0.2) is 11.0 Å². The average molecular weight is 385 g/mol. The third-order valence-electron chi connectivity index (χ3n) is 4.17. The molecular weight excluding hydrogens is 364 g/mol. The molecule has 0 spiro atoms. The standard InChI is InChI=1S/C15H21ClN6O2S/c1-3-9-12(16)20-13(18-9)14(23)19-10-5-6-22(7-11(10)24-4-2)15-21-17-8-25-15/h8,10-11H,3-7H2,1-2H3,(H,18,20)(H,19,23)/t10-,11?/m1/s1. The van der Waals surface area contributed by atoms with Crippen molar-refractivity contribution in [1.29, 1.82) is 0 Å². The number of anilines is 1. The molecule has 1 amide bonds. The van der Waals surface area contributed by atoms with E-state index in [1.54, 1.807) is 5.51 Å². The number of rotatable bonds is 6. The van der Waals surface area contributed by atoms with E-state index in [0.717, 1.165) is 23.8 Å². The summed E-state index contributed by atoms with van der Waals surface area (Å²) in [6, 6.07) is -0.0921. The Bertz CT molecular complexity index is 707. The zero-order chi connectivity index (χ0) is 17.8. The summed E-state index contributed by atoms with van der Waals surface area (Å²) in [4.78, 5) is 21.7. The van der Waals surface area contributed by atoms with Gasteiger partial charge in [-0.15, -0.1) is 10.2 Å². The van der Waals surface area contributed by atoms with E-state index in [1.165, 1.54) is 11.3 Å². The van der Waals surface area contributed by atoms with Crippen molar-refractivity contribution < 1.29 is 9.53 Å². The minimum absolute atomic E-state index is 0.0921. The number of halogens is 1. The van der Waals surface area contributed by atoms with E-state index in [0.29, 0.717) is 24.7 Å². The molecule has 10 heteroatoms. The lowest BCUT2D eigenvalue weighted by molar-refractivity contribution is 0.0271. The summed E-state index contributed by atoms with van der Waals surface area (Å²) >= 11 is 7.52. The number of carbonyl (C=O) groups excluding carboxylic acids is 1. The Morgan fingerprint density at radius 2 is 2.40 bits per heavy atom. The molecule has 0 radical (unpaired) electrons. The van der Waals surface area contributed by atoms with Crippen LogP contribution in [0, 0.1) is 0 Å². The summed E-state index contributed by atoms with van der Waals surface area (Å²) in [7, 11) is 0. The third-order valence-corrected chi connectivity index (χ3v) is 5.24. The first-order valence-corrected chi connectivity index (χ1v) is 9.56. The van der Waals surface area contributed by atoms with E-state index in [2.05, 4.69) is 30.4 Å². The zero-order valence-electron chi connectivity index (χ0n) is 14.2. The molecule has 0 bridgehead atoms. The molecule has 25 heavy (non-hydrogen) atoms. The molecule has 2 atom stereocenters. The highest BCUT2D eigenvalue weighted by Gasteiger charge is 2.32. The second kappa shape index (κ2) is 8.11. The van der Waals surface area contributed by atoms with Crippen LogP contribution in [-0.4, -0.2) is 57.9 Å². The van der Waals surface area contributed by atoms with Gasteiger partial charge in [0.05, 0.1) is 17.8 Å². The van der Waals surface area contributed by atoms with E-state index in [-0.39, 0.29) is 23.9 Å². The van der Waals surface area contributed by atoms with Crippen LogP contribution in [0.5, 0.6) is 0 Å². The molecule has 3 heterocycles. The first-order valence-electron chi connectivity index (χ1n) is 8.30. The number of aromatic amines is 1. The molecule has 2 aromatic rings. The first kappa shape index (κ1) is 18.1. The SMILES string of the molecule is CCOC1CN(c2nncs2)CC[C@H]1NC(=O)c1nc(Cl)c(CC)[nH]1. The van der Waals surface area contributed by atoms with Gasteiger partial charge in [0.1, 0.15) is 5.51 Å². The highest BCUT2D eigenvalue weighted by atomic mass is 35.5. The topological polar surface area (TPSA) is 96.0 Å². The molecule has 1 fully saturated rings. The van der Waals surface area contributed by atoms with Crippen LogP contribution in [0.25, 0.3) is 0 Å². The first-order chi connectivity index (χ1) is 12.1. The molecule has 1 saturated heterocycles. The molecule has 0 aromatic carbocycles. The van der Waals surface area contributed by atoms with Crippen LogP contribution in [0.2, 0.25) is 5.15 Å². The lowest BCUT2D eigenvalue weighted by Gasteiger charge is -2.38. The van der Waals surface area contributed by atoms with E-state index in [1.807, 2.05) is 13.8 Å². The Kier molecular flexibility index (Phi) is 5.87. The predicted octanol–water partition coefficient (Wildman–Crippen LogP) is 1.89. The number of piperidine rings is 1. The Labute approximate surface area is 154 Å². The summed E-state index contributed by atoms with van der Waals surface area (Å²) in [5, 5.41) is 12.2. The van der Waals surface area contributed by atoms with Crippen molar-refractivity contribution in [2.75, 3.05) is 24.6 Å². The van der Waals surface area contributed by atoms with Gasteiger partial charge in [-0.1, -0.05) is 29.9 Å². The van der Waals surface area contributed by atoms with Crippen molar-refractivity contribution in [1.82, 2.24) is 25.5 Å². The average Bonchev–Trinajstić information content (AvgIpc) is 3.26. The molecule has 2 aromatic heterocycles. The molecule has 1 aliphatic rings. The number of H-pyrrole nitrogens is 1. The van der Waals surface area contributed by atoms with E-state index < -0.39 is 0 Å². The Morgan fingerprint density at radius 3 is 3.04 bits per heavy atom. The number of hydrogen-bond donors (Lipinski definition) is 2. The van der Waals surface area contributed by atoms with Gasteiger partial charge in [-0.2, -0.15) is 0 Å². The maximum atomic E-state index is 12.5. The van der Waals surface area contributed by atoms with E-state index in [9.17, 15) is 4.79 Å². The van der Waals surface area contributed by atoms with Crippen LogP contribution < -0.4 is 10.2 Å². The highest BCUT2D eigenvalue weighted by molar-refractivity contribution is 7.13. The van der Waals surface area contributed by atoms with Gasteiger partial charge in [0, 0.05) is 19.7 Å². The highest BCUT2D eigenvalue weighted by Crippen LogP contribution is 2.23. The summed E-state index contributed by atoms with van der Waals surface area (Å²) in [5.41, 5.74) is 2.48. The largest absolute Gasteiger partial charge is 0.375 e. The molecule has 1 unspecified atom stereocenters. The van der Waals surface area contributed by atoms with Gasteiger partial charge < -0.3 is 19.9 Å². The maximum Gasteiger partial charge on any atom is 0.287 e. The quantitative estimate of drug-likeness (QED) is 0.789. The normalized spacial score (nSPS) is 20.7. The summed E-state index contributed by atoms with van der Waals surface area (Å²) in [6.07, 6.45) is 1.33. The number of aromatic nitrogens is 4. The second-order valence-corrected chi connectivity index (χ2v) is 6.91. The lowest BCUT2D eigenvalue weighted by atomic mass is 10.0. The van der Waals surface area contributed by atoms with Crippen molar-refractivity contribution in [3.63, 3.8) is 0 Å². The Hall–Kier alpha value is -1.71. The number of nitrogens with zero attached hydrogens (tertiary/aromatic N) is 4. The smallest absolute Gasteiger partial charge is 0.287 e. The Morgan fingerprint density at radius 1 is 1.56 bits per heavy atom. The lowest BCUT2D eigenvalue weighted by Crippen LogP contribution is -2.55. The fourth-order valence-electron chi connectivity index (χ4n) is 2.91. The number of aryl methyl sites for hydroxylation is 1. The molecule has 136 valence electrons. The van der Waals surface area contributed by atoms with Gasteiger partial charge in [-0.25, -0.2) is 4.98 Å². The molecule has 2 N–H and O–H groups in total. The van der Waals surface area contributed by atoms with Crippen molar-refractivity contribution in [3.8, 4) is 0 Å². The van der Waals surface area contributed by atoms with Gasteiger partial charge in [-0.05, 0) is 19.8 Å². The fourth-order valence-corrected chi connectivity index (χ4v) is 3.77. The van der Waals surface area contributed by atoms with Gasteiger partial charge in [0.25, 0.3) is 5.91 Å². The predicted molar refractivity (Wildman–Crippen MR) is 96.4 cm³/mol. The third kappa shape index (κ3) is 4.10. The molecule has 8 nitrogen and oxygen atoms in total. The number of nitrogens with one attached hydrogen (secondary N) is 2. The summed E-state index contributed by atoms with van der Waals surface area (Å²) < 4.78 is 5.85. The van der Waals surface area contributed by atoms with E-state index >= 15 is 0 Å². The fraction of sp³-hybridized carbons (Fsp3) is 0.600. The van der Waals surface area contributed by atoms with Crippen LogP contribution in [0.3, 0.4) is 0 Å². The van der Waals surface area contributed by atoms with Crippen LogP contribution in [0.4, 0.5) is 5.13 Å². The van der Waals surface area contributed by atoms with Crippen molar-refractivity contribution in [2.24, 2.45) is 0 Å². The summed E-state index contributed by atoms with van der Waals surface area (Å²) in [5.74, 6) is -0.0238. The van der Waals surface area contributed by atoms with Crippen LogP contribution in [0.15, 0.2) is 5.51 Å². The molecule has 3 rings (SSSR count). The minimum atomic E-state index is -0.263. The van der Waals surface area contributed by atoms with Gasteiger partial charge in [-0.3, -0.25) is 4.79 Å². The Balaban J connectivity index is 1.67. The van der Waals surface area contributed by atoms with E-state index in [4.69, 9.17) is 16.3 Å². The molecule has 0 saturated carbocycles. The zero-order valence-corrected chi connectivity index (χ0v) is 15.7. The van der Waals surface area contributed by atoms with Gasteiger partial charge in [0.2, 0.25) is 5.13 Å². The number of carbonyl (C=O) groups is 1. The number of ether oxygens (including phenoxy) is 1. The van der Waals surface area contributed by atoms with Crippen molar-refractivity contribution in [3.05, 3.63) is 22.2 Å². The van der Waals surface area contributed by atoms with Crippen LogP contribution >= 0.6 is 22.9 Å². The molecule has 0 aliphatic carbocycles. The molecular formula is C15H21ClN6O2S. The van der Waals surface area contributed by atoms with Crippen LogP contribution in [-0.2, 0) is 11.2 Å². The van der Waals surface area contributed by atoms with Crippen molar-refractivity contribution >= 4 is 34.0 Å². The number of hydrogen-bond acceptors (Lipinski definition) is 7. The van der Waals surface area contributed by atoms with Crippen molar-refractivity contribution in [2.45, 2.75) is 38.8 Å². The number of amides is 1. The monoisotopic (exact) mass is 384 g/mol. The van der Waals surface area contributed by atoms with Gasteiger partial charge >= 0.3 is 0 Å².